The van der Waals surface area contributed by atoms with Crippen LogP contribution in [0, 0.1) is 11.7 Å². The molecule has 1 aromatic heterocycles. The molecule has 1 aliphatic heterocycles. The summed E-state index contributed by atoms with van der Waals surface area (Å²) in [6.45, 7) is 12.0. The molecule has 1 saturated heterocycles. The van der Waals surface area contributed by atoms with E-state index in [0.29, 0.717) is 30.2 Å². The zero-order valence-electron chi connectivity index (χ0n) is 21.7. The molecule has 0 bridgehead atoms. The Bertz CT molecular complexity index is 1190. The fourth-order valence-corrected chi connectivity index (χ4v) is 4.45. The summed E-state index contributed by atoms with van der Waals surface area (Å²) >= 11 is 0. The number of carbonyl (C=O) groups excluding carboxylic acids is 2. The number of aromatic nitrogens is 1. The normalized spacial score (nSPS) is 18.5. The molecular weight excluding hydrogens is 459 g/mol. The SMILES string of the molecule is C=C(/C=C(\N=C(\C)N)C1CCCN1C(=O)C(NC(=O)C(C)NC)C(C)C)n1ccc2cc(F)ccc21. The van der Waals surface area contributed by atoms with Gasteiger partial charge in [0, 0.05) is 23.8 Å². The van der Waals surface area contributed by atoms with Crippen molar-refractivity contribution in [2.75, 3.05) is 13.6 Å². The maximum absolute atomic E-state index is 13.7. The standard InChI is InChI=1S/C27H37FN6O2/c1-16(2)25(32-26(35)18(4)30-6)27(36)34-12-7-8-24(34)22(31-19(5)29)14-17(3)33-13-11-20-15-21(28)9-10-23(20)33/h9-11,13-16,18,24-25,30H,3,7-8,12H2,1-2,4-6H3,(H2,29,31)(H,32,35)/b22-14-. The molecule has 0 aliphatic carbocycles. The van der Waals surface area contributed by atoms with Crippen molar-refractivity contribution in [1.29, 1.82) is 0 Å². The lowest BCUT2D eigenvalue weighted by atomic mass is 10.0. The van der Waals surface area contributed by atoms with E-state index in [1.807, 2.05) is 36.8 Å². The quantitative estimate of drug-likeness (QED) is 0.282. The minimum absolute atomic E-state index is 0.0967. The van der Waals surface area contributed by atoms with Gasteiger partial charge in [0.2, 0.25) is 11.8 Å². The van der Waals surface area contributed by atoms with Gasteiger partial charge in [-0.1, -0.05) is 20.4 Å². The molecule has 2 aromatic rings. The Morgan fingerprint density at radius 3 is 2.64 bits per heavy atom. The van der Waals surface area contributed by atoms with Crippen LogP contribution in [0.2, 0.25) is 0 Å². The van der Waals surface area contributed by atoms with Crippen molar-refractivity contribution < 1.29 is 14.0 Å². The Morgan fingerprint density at radius 1 is 1.28 bits per heavy atom. The Labute approximate surface area is 212 Å². The number of nitrogens with two attached hydrogens (primary N) is 1. The lowest BCUT2D eigenvalue weighted by Gasteiger charge is -2.32. The highest BCUT2D eigenvalue weighted by Gasteiger charge is 2.37. The number of hydrogen-bond acceptors (Lipinski definition) is 4. The van der Waals surface area contributed by atoms with Gasteiger partial charge in [-0.25, -0.2) is 9.38 Å². The average molecular weight is 497 g/mol. The van der Waals surface area contributed by atoms with E-state index in [2.05, 4.69) is 22.2 Å². The van der Waals surface area contributed by atoms with Crippen molar-refractivity contribution in [2.24, 2.45) is 16.6 Å². The number of allylic oxidation sites excluding steroid dienone is 2. The van der Waals surface area contributed by atoms with Gasteiger partial charge >= 0.3 is 0 Å². The van der Waals surface area contributed by atoms with Crippen LogP contribution in [0.3, 0.4) is 0 Å². The average Bonchev–Trinajstić information content (AvgIpc) is 3.47. The second-order valence-electron chi connectivity index (χ2n) is 9.63. The predicted molar refractivity (Wildman–Crippen MR) is 143 cm³/mol. The molecule has 9 heteroatoms. The minimum Gasteiger partial charge on any atom is -0.387 e. The van der Waals surface area contributed by atoms with E-state index in [9.17, 15) is 14.0 Å². The van der Waals surface area contributed by atoms with Gasteiger partial charge in [-0.15, -0.1) is 0 Å². The molecule has 4 N–H and O–H groups in total. The molecule has 0 spiro atoms. The number of fused-ring (bicyclic) bond motifs is 1. The number of nitrogens with zero attached hydrogens (tertiary/aromatic N) is 3. The predicted octanol–water partition coefficient (Wildman–Crippen LogP) is 3.25. The first-order valence-electron chi connectivity index (χ1n) is 12.3. The monoisotopic (exact) mass is 496 g/mol. The minimum atomic E-state index is -0.662. The van der Waals surface area contributed by atoms with Crippen LogP contribution >= 0.6 is 0 Å². The molecule has 36 heavy (non-hydrogen) atoms. The number of carbonyl (C=O) groups is 2. The largest absolute Gasteiger partial charge is 0.387 e. The first kappa shape index (κ1) is 27.1. The molecule has 1 fully saturated rings. The Hall–Kier alpha value is -3.46. The van der Waals surface area contributed by atoms with E-state index < -0.39 is 12.1 Å². The van der Waals surface area contributed by atoms with Gasteiger partial charge in [0.15, 0.2) is 0 Å². The van der Waals surface area contributed by atoms with Crippen LogP contribution in [0.5, 0.6) is 0 Å². The lowest BCUT2D eigenvalue weighted by molar-refractivity contribution is -0.138. The maximum Gasteiger partial charge on any atom is 0.245 e. The van der Waals surface area contributed by atoms with Gasteiger partial charge in [-0.3, -0.25) is 9.59 Å². The molecule has 3 rings (SSSR count). The summed E-state index contributed by atoms with van der Waals surface area (Å²) in [6.07, 6.45) is 5.16. The Kier molecular flexibility index (Phi) is 8.68. The highest BCUT2D eigenvalue weighted by molar-refractivity contribution is 5.90. The van der Waals surface area contributed by atoms with Crippen molar-refractivity contribution in [1.82, 2.24) is 20.1 Å². The van der Waals surface area contributed by atoms with Crippen LogP contribution in [-0.2, 0) is 9.59 Å². The molecular formula is C27H37FN6O2. The number of aliphatic imine (C=N–C) groups is 1. The number of amidine groups is 1. The molecule has 1 aromatic carbocycles. The first-order chi connectivity index (χ1) is 17.0. The van der Waals surface area contributed by atoms with Gasteiger partial charge in [-0.2, -0.15) is 0 Å². The number of hydrogen-bond donors (Lipinski definition) is 3. The third-order valence-corrected chi connectivity index (χ3v) is 6.52. The zero-order chi connectivity index (χ0) is 26.6. The number of halogens is 1. The number of likely N-dealkylation sites (N-methyl/N-ethyl adjacent to an activating group) is 1. The molecule has 8 nitrogen and oxygen atoms in total. The third kappa shape index (κ3) is 6.02. The van der Waals surface area contributed by atoms with Gasteiger partial charge in [0.25, 0.3) is 0 Å². The molecule has 2 heterocycles. The van der Waals surface area contributed by atoms with E-state index >= 15 is 0 Å². The lowest BCUT2D eigenvalue weighted by Crippen LogP contribution is -2.55. The smallest absolute Gasteiger partial charge is 0.245 e. The maximum atomic E-state index is 13.7. The van der Waals surface area contributed by atoms with Gasteiger partial charge in [0.05, 0.1) is 29.1 Å². The molecule has 0 saturated carbocycles. The third-order valence-electron chi connectivity index (χ3n) is 6.52. The number of likely N-dealkylation sites (tertiary alicyclic amines) is 1. The van der Waals surface area contributed by atoms with Crippen molar-refractivity contribution in [3.8, 4) is 0 Å². The molecule has 2 amide bonds. The number of nitrogens with one attached hydrogen (secondary N) is 2. The van der Waals surface area contributed by atoms with Crippen LogP contribution in [0.25, 0.3) is 16.6 Å². The fourth-order valence-electron chi connectivity index (χ4n) is 4.45. The van der Waals surface area contributed by atoms with Crippen LogP contribution in [0.4, 0.5) is 4.39 Å². The Balaban J connectivity index is 1.93. The Morgan fingerprint density at radius 2 is 2.00 bits per heavy atom. The van der Waals surface area contributed by atoms with E-state index in [1.165, 1.54) is 12.1 Å². The molecule has 0 radical (unpaired) electrons. The van der Waals surface area contributed by atoms with E-state index in [4.69, 9.17) is 5.73 Å². The highest BCUT2D eigenvalue weighted by Crippen LogP contribution is 2.29. The van der Waals surface area contributed by atoms with E-state index in [1.54, 1.807) is 31.9 Å². The molecule has 3 atom stereocenters. The van der Waals surface area contributed by atoms with Crippen molar-refractivity contribution >= 4 is 34.2 Å². The molecule has 3 unspecified atom stereocenters. The van der Waals surface area contributed by atoms with Crippen LogP contribution in [0.1, 0.15) is 40.5 Å². The summed E-state index contributed by atoms with van der Waals surface area (Å²) in [5, 5.41) is 6.57. The zero-order valence-corrected chi connectivity index (χ0v) is 21.7. The fraction of sp³-hybridized carbons (Fsp3) is 0.444. The van der Waals surface area contributed by atoms with Crippen molar-refractivity contribution in [2.45, 2.75) is 58.7 Å². The molecule has 194 valence electrons. The summed E-state index contributed by atoms with van der Waals surface area (Å²) in [5.41, 5.74) is 8.02. The summed E-state index contributed by atoms with van der Waals surface area (Å²) in [5.74, 6) is -0.407. The van der Waals surface area contributed by atoms with Crippen LogP contribution in [-0.4, -0.2) is 58.8 Å². The summed E-state index contributed by atoms with van der Waals surface area (Å²) < 4.78 is 15.5. The topological polar surface area (TPSA) is 105 Å². The van der Waals surface area contributed by atoms with Gasteiger partial charge in [0.1, 0.15) is 11.9 Å². The summed E-state index contributed by atoms with van der Waals surface area (Å²) in [7, 11) is 1.70. The highest BCUT2D eigenvalue weighted by atomic mass is 19.1. The summed E-state index contributed by atoms with van der Waals surface area (Å²) in [4.78, 5) is 32.6. The number of amides is 2. The summed E-state index contributed by atoms with van der Waals surface area (Å²) in [6, 6.07) is 5.01. The van der Waals surface area contributed by atoms with Crippen molar-refractivity contribution in [3.63, 3.8) is 0 Å². The number of rotatable bonds is 9. The molecule has 1 aliphatic rings. The van der Waals surface area contributed by atoms with Gasteiger partial charge < -0.3 is 25.8 Å². The first-order valence-corrected chi connectivity index (χ1v) is 12.3. The van der Waals surface area contributed by atoms with E-state index in [-0.39, 0.29) is 29.6 Å². The van der Waals surface area contributed by atoms with Crippen molar-refractivity contribution in [3.05, 3.63) is 54.6 Å². The van der Waals surface area contributed by atoms with Crippen LogP contribution in [0.15, 0.2) is 53.8 Å². The second kappa shape index (κ2) is 11.5. The number of benzene rings is 1. The van der Waals surface area contributed by atoms with E-state index in [0.717, 1.165) is 17.3 Å². The van der Waals surface area contributed by atoms with Crippen LogP contribution < -0.4 is 16.4 Å². The second-order valence-corrected chi connectivity index (χ2v) is 9.63. The van der Waals surface area contributed by atoms with Gasteiger partial charge in [-0.05, 0) is 70.0 Å².